The zero-order valence-corrected chi connectivity index (χ0v) is 11.8. The Labute approximate surface area is 119 Å². The van der Waals surface area contributed by atoms with E-state index in [9.17, 15) is 4.79 Å². The first-order valence-electron chi connectivity index (χ1n) is 7.33. The van der Waals surface area contributed by atoms with Crippen LogP contribution >= 0.6 is 0 Å². The average molecular weight is 274 g/mol. The van der Waals surface area contributed by atoms with Crippen molar-refractivity contribution in [2.24, 2.45) is 23.5 Å². The predicted octanol–water partition coefficient (Wildman–Crippen LogP) is 2.14. The van der Waals surface area contributed by atoms with Gasteiger partial charge in [-0.05, 0) is 48.8 Å². The molecular weight excluding hydrogens is 252 g/mol. The van der Waals surface area contributed by atoms with E-state index in [0.717, 1.165) is 24.1 Å². The van der Waals surface area contributed by atoms with Crippen molar-refractivity contribution in [1.29, 1.82) is 0 Å². The molecule has 0 spiro atoms. The number of amides is 1. The summed E-state index contributed by atoms with van der Waals surface area (Å²) < 4.78 is 5.11. The fourth-order valence-corrected chi connectivity index (χ4v) is 3.86. The van der Waals surface area contributed by atoms with Crippen LogP contribution in [0.4, 0.5) is 5.69 Å². The lowest BCUT2D eigenvalue weighted by atomic mass is 9.84. The van der Waals surface area contributed by atoms with Gasteiger partial charge in [0.25, 0.3) is 0 Å². The number of methoxy groups -OCH3 is 1. The molecule has 0 radical (unpaired) electrons. The molecule has 0 aromatic heterocycles. The third kappa shape index (κ3) is 2.45. The van der Waals surface area contributed by atoms with Gasteiger partial charge in [-0.25, -0.2) is 0 Å². The lowest BCUT2D eigenvalue weighted by Crippen LogP contribution is -2.42. The van der Waals surface area contributed by atoms with E-state index in [0.29, 0.717) is 18.4 Å². The number of hydrogen-bond acceptors (Lipinski definition) is 3. The molecule has 0 heterocycles. The number of rotatable bonds is 4. The molecule has 3 rings (SSSR count). The molecule has 2 aliphatic carbocycles. The number of carbonyl (C=O) groups is 1. The van der Waals surface area contributed by atoms with E-state index in [1.54, 1.807) is 7.11 Å². The summed E-state index contributed by atoms with van der Waals surface area (Å²) in [6.45, 7) is 0.553. The maximum Gasteiger partial charge on any atom is 0.229 e. The van der Waals surface area contributed by atoms with Gasteiger partial charge < -0.3 is 15.8 Å². The fourth-order valence-electron chi connectivity index (χ4n) is 3.86. The molecule has 1 aromatic carbocycles. The second-order valence-corrected chi connectivity index (χ2v) is 6.06. The molecule has 0 saturated heterocycles. The lowest BCUT2D eigenvalue weighted by Gasteiger charge is -2.27. The van der Waals surface area contributed by atoms with Crippen molar-refractivity contribution in [3.63, 3.8) is 0 Å². The zero-order chi connectivity index (χ0) is 14.1. The Hall–Kier alpha value is -1.39. The Balaban J connectivity index is 1.68. The molecule has 4 heteroatoms. The molecule has 2 saturated carbocycles. The summed E-state index contributed by atoms with van der Waals surface area (Å²) in [7, 11) is 1.67. The second kappa shape index (κ2) is 5.54. The van der Waals surface area contributed by atoms with Crippen LogP contribution < -0.4 is 11.1 Å². The quantitative estimate of drug-likeness (QED) is 0.884. The van der Waals surface area contributed by atoms with Gasteiger partial charge in [0.1, 0.15) is 0 Å². The van der Waals surface area contributed by atoms with Gasteiger partial charge in [-0.1, -0.05) is 12.1 Å². The van der Waals surface area contributed by atoms with Crippen LogP contribution in [0.1, 0.15) is 24.8 Å². The molecule has 3 N–H and O–H groups in total. The van der Waals surface area contributed by atoms with Gasteiger partial charge >= 0.3 is 0 Å². The smallest absolute Gasteiger partial charge is 0.229 e. The van der Waals surface area contributed by atoms with E-state index >= 15 is 0 Å². The highest BCUT2D eigenvalue weighted by molar-refractivity contribution is 5.93. The van der Waals surface area contributed by atoms with Crippen molar-refractivity contribution in [3.05, 3.63) is 29.8 Å². The van der Waals surface area contributed by atoms with Crippen molar-refractivity contribution in [2.75, 3.05) is 12.4 Å². The van der Waals surface area contributed by atoms with Crippen molar-refractivity contribution in [2.45, 2.75) is 31.9 Å². The minimum atomic E-state index is -0.0140. The summed E-state index contributed by atoms with van der Waals surface area (Å²) in [6, 6.07) is 7.83. The molecular formula is C16H22N2O2. The van der Waals surface area contributed by atoms with Crippen LogP contribution in [0.15, 0.2) is 24.3 Å². The van der Waals surface area contributed by atoms with E-state index < -0.39 is 0 Å². The Morgan fingerprint density at radius 3 is 2.90 bits per heavy atom. The van der Waals surface area contributed by atoms with Crippen molar-refractivity contribution < 1.29 is 9.53 Å². The highest BCUT2D eigenvalue weighted by atomic mass is 16.5. The molecule has 1 amide bonds. The highest BCUT2D eigenvalue weighted by Crippen LogP contribution is 2.47. The van der Waals surface area contributed by atoms with Gasteiger partial charge in [-0.15, -0.1) is 0 Å². The number of anilines is 1. The number of carbonyl (C=O) groups excluding carboxylic acids is 1. The minimum Gasteiger partial charge on any atom is -0.380 e. The van der Waals surface area contributed by atoms with E-state index in [2.05, 4.69) is 5.32 Å². The van der Waals surface area contributed by atoms with Gasteiger partial charge in [0.2, 0.25) is 5.91 Å². The molecule has 2 bridgehead atoms. The van der Waals surface area contributed by atoms with Crippen LogP contribution in [-0.2, 0) is 16.1 Å². The summed E-state index contributed by atoms with van der Waals surface area (Å²) in [5.74, 6) is 1.10. The van der Waals surface area contributed by atoms with Gasteiger partial charge in [0.05, 0.1) is 12.5 Å². The van der Waals surface area contributed by atoms with Crippen LogP contribution in [0.5, 0.6) is 0 Å². The number of hydrogen-bond donors (Lipinski definition) is 2. The van der Waals surface area contributed by atoms with Crippen molar-refractivity contribution in [3.8, 4) is 0 Å². The van der Waals surface area contributed by atoms with Crippen LogP contribution in [0, 0.1) is 17.8 Å². The molecule has 4 nitrogen and oxygen atoms in total. The summed E-state index contributed by atoms with van der Waals surface area (Å²) >= 11 is 0. The van der Waals surface area contributed by atoms with E-state index in [4.69, 9.17) is 10.5 Å². The summed E-state index contributed by atoms with van der Waals surface area (Å²) in [4.78, 5) is 12.5. The molecule has 1 aromatic rings. The standard InChI is InChI=1S/C16H22N2O2/c1-20-9-10-3-2-4-13(7-10)18-16(19)14-11-5-6-12(8-11)15(14)17/h2-4,7,11-12,14-15H,5-6,8-9,17H2,1H3,(H,18,19). The Morgan fingerprint density at radius 1 is 1.40 bits per heavy atom. The molecule has 4 unspecified atom stereocenters. The van der Waals surface area contributed by atoms with Crippen molar-refractivity contribution in [1.82, 2.24) is 0 Å². The Kier molecular flexibility index (Phi) is 3.76. The van der Waals surface area contributed by atoms with E-state index in [1.165, 1.54) is 6.42 Å². The fraction of sp³-hybridized carbons (Fsp3) is 0.562. The van der Waals surface area contributed by atoms with Gasteiger partial charge in [-0.3, -0.25) is 4.79 Å². The minimum absolute atomic E-state index is 0.0140. The Bertz CT molecular complexity index is 501. The summed E-state index contributed by atoms with van der Waals surface area (Å²) in [5, 5.41) is 3.02. The highest BCUT2D eigenvalue weighted by Gasteiger charge is 2.49. The first-order valence-corrected chi connectivity index (χ1v) is 7.33. The topological polar surface area (TPSA) is 64.3 Å². The molecule has 20 heavy (non-hydrogen) atoms. The number of fused-ring (bicyclic) bond motifs is 2. The largest absolute Gasteiger partial charge is 0.380 e. The maximum atomic E-state index is 12.5. The lowest BCUT2D eigenvalue weighted by molar-refractivity contribution is -0.121. The van der Waals surface area contributed by atoms with Crippen LogP contribution in [-0.4, -0.2) is 19.1 Å². The first kappa shape index (κ1) is 13.6. The van der Waals surface area contributed by atoms with Gasteiger partial charge in [0, 0.05) is 18.8 Å². The molecule has 2 fully saturated rings. The average Bonchev–Trinajstić information content (AvgIpc) is 3.00. The summed E-state index contributed by atoms with van der Waals surface area (Å²) in [6.07, 6.45) is 3.47. The van der Waals surface area contributed by atoms with Gasteiger partial charge in [0.15, 0.2) is 0 Å². The molecule has 2 aliphatic rings. The van der Waals surface area contributed by atoms with Crippen molar-refractivity contribution >= 4 is 11.6 Å². The van der Waals surface area contributed by atoms with Gasteiger partial charge in [-0.2, -0.15) is 0 Å². The first-order chi connectivity index (χ1) is 9.69. The molecule has 4 atom stereocenters. The molecule has 108 valence electrons. The van der Waals surface area contributed by atoms with Crippen LogP contribution in [0.25, 0.3) is 0 Å². The number of nitrogens with two attached hydrogens (primary N) is 1. The monoisotopic (exact) mass is 274 g/mol. The van der Waals surface area contributed by atoms with Crippen LogP contribution in [0.3, 0.4) is 0 Å². The van der Waals surface area contributed by atoms with Crippen LogP contribution in [0.2, 0.25) is 0 Å². The van der Waals surface area contributed by atoms with E-state index in [1.807, 2.05) is 24.3 Å². The third-order valence-electron chi connectivity index (χ3n) is 4.79. The number of ether oxygens (including phenoxy) is 1. The SMILES string of the molecule is COCc1cccc(NC(=O)C2C3CCC(C3)C2N)c1. The summed E-state index contributed by atoms with van der Waals surface area (Å²) in [5.41, 5.74) is 8.11. The molecule has 0 aliphatic heterocycles. The second-order valence-electron chi connectivity index (χ2n) is 6.06. The predicted molar refractivity (Wildman–Crippen MR) is 78.1 cm³/mol. The number of benzene rings is 1. The third-order valence-corrected chi connectivity index (χ3v) is 4.79. The Morgan fingerprint density at radius 2 is 2.20 bits per heavy atom. The zero-order valence-electron chi connectivity index (χ0n) is 11.8. The maximum absolute atomic E-state index is 12.5. The normalized spacial score (nSPS) is 31.5. The van der Waals surface area contributed by atoms with E-state index in [-0.39, 0.29) is 17.9 Å². The number of nitrogens with one attached hydrogen (secondary N) is 1.